The van der Waals surface area contributed by atoms with Crippen LogP contribution in [0.1, 0.15) is 42.7 Å². The van der Waals surface area contributed by atoms with Gasteiger partial charge >= 0.3 is 6.18 Å². The van der Waals surface area contributed by atoms with Crippen LogP contribution in [0.3, 0.4) is 0 Å². The Morgan fingerprint density at radius 1 is 0.867 bits per heavy atom. The maximum absolute atomic E-state index is 13.5. The molecule has 2 aromatic carbocycles. The average molecular weight is 477 g/mol. The summed E-state index contributed by atoms with van der Waals surface area (Å²) in [5.41, 5.74) is 1.54. The minimum Gasteiger partial charge on any atom is -0.340 e. The highest BCUT2D eigenvalue weighted by Crippen LogP contribution is 2.37. The first-order chi connectivity index (χ1) is 14.4. The van der Waals surface area contributed by atoms with Gasteiger partial charge in [0.25, 0.3) is 0 Å². The van der Waals surface area contributed by atoms with Gasteiger partial charge in [-0.25, -0.2) is 4.98 Å². The molecule has 1 fully saturated rings. The molecule has 1 aliphatic carbocycles. The first kappa shape index (κ1) is 20.7. The summed E-state index contributed by atoms with van der Waals surface area (Å²) in [7, 11) is 0. The Morgan fingerprint density at radius 2 is 1.47 bits per heavy atom. The number of hydrogen-bond acceptors (Lipinski definition) is 4. The van der Waals surface area contributed by atoms with E-state index in [0.29, 0.717) is 17.3 Å². The maximum atomic E-state index is 13.5. The molecule has 1 saturated carbocycles. The molecule has 156 valence electrons. The third kappa shape index (κ3) is 4.92. The van der Waals surface area contributed by atoms with E-state index in [2.05, 4.69) is 36.5 Å². The van der Waals surface area contributed by atoms with Gasteiger partial charge in [0.2, 0.25) is 5.95 Å². The molecule has 3 aromatic rings. The molecule has 0 radical (unpaired) electrons. The summed E-state index contributed by atoms with van der Waals surface area (Å²) in [6, 6.07) is 14.8. The number of nitrogens with zero attached hydrogens (tertiary/aromatic N) is 2. The average Bonchev–Trinajstić information content (AvgIpc) is 3.24. The number of benzene rings is 2. The third-order valence-electron chi connectivity index (χ3n) is 5.19. The predicted octanol–water partition coefficient (Wildman–Crippen LogP) is 7.40. The number of halogens is 4. The molecule has 4 rings (SSSR count). The first-order valence-corrected chi connectivity index (χ1v) is 10.5. The lowest BCUT2D eigenvalue weighted by Crippen LogP contribution is -2.12. The van der Waals surface area contributed by atoms with Crippen LogP contribution in [0.15, 0.2) is 59.2 Å². The highest BCUT2D eigenvalue weighted by Gasteiger charge is 2.35. The minimum atomic E-state index is -4.57. The first-order valence-electron chi connectivity index (χ1n) is 9.72. The summed E-state index contributed by atoms with van der Waals surface area (Å²) in [4.78, 5) is 7.92. The number of alkyl halides is 3. The molecule has 2 N–H and O–H groups in total. The summed E-state index contributed by atoms with van der Waals surface area (Å²) < 4.78 is 41.3. The number of aromatic nitrogens is 2. The van der Waals surface area contributed by atoms with Crippen LogP contribution in [0.4, 0.5) is 36.3 Å². The van der Waals surface area contributed by atoms with Gasteiger partial charge in [0.15, 0.2) is 0 Å². The largest absolute Gasteiger partial charge is 0.421 e. The zero-order chi connectivity index (χ0) is 21.1. The van der Waals surface area contributed by atoms with Crippen LogP contribution in [0.5, 0.6) is 0 Å². The van der Waals surface area contributed by atoms with E-state index < -0.39 is 11.7 Å². The minimum absolute atomic E-state index is 0.0791. The fourth-order valence-electron chi connectivity index (χ4n) is 3.64. The SMILES string of the molecule is FC(F)(F)c1cnc(Nc2ccc(Br)cc2)nc1Nc1ccc(C2CCCC2)cc1. The monoisotopic (exact) mass is 476 g/mol. The fraction of sp³-hybridized carbons (Fsp3) is 0.273. The standard InChI is InChI=1S/C22H20BrF3N4/c23-16-7-11-18(12-8-16)29-21-27-13-19(22(24,25)26)20(30-21)28-17-9-5-15(6-10-17)14-3-1-2-4-14/h5-14H,1-4H2,(H2,27,28,29,30). The van der Waals surface area contributed by atoms with E-state index in [0.717, 1.165) is 10.7 Å². The lowest BCUT2D eigenvalue weighted by Gasteiger charge is -2.16. The Bertz CT molecular complexity index is 998. The number of hydrogen-bond donors (Lipinski definition) is 2. The van der Waals surface area contributed by atoms with Crippen molar-refractivity contribution in [2.75, 3.05) is 10.6 Å². The Hall–Kier alpha value is -2.61. The Balaban J connectivity index is 1.58. The van der Waals surface area contributed by atoms with Gasteiger partial charge in [-0.1, -0.05) is 40.9 Å². The number of nitrogens with one attached hydrogen (secondary N) is 2. The molecular formula is C22H20BrF3N4. The smallest absolute Gasteiger partial charge is 0.340 e. The Labute approximate surface area is 181 Å². The molecule has 0 bridgehead atoms. The second-order valence-corrected chi connectivity index (χ2v) is 8.23. The lowest BCUT2D eigenvalue weighted by atomic mass is 9.97. The van der Waals surface area contributed by atoms with Crippen molar-refractivity contribution in [3.05, 3.63) is 70.3 Å². The normalized spacial score (nSPS) is 14.7. The van der Waals surface area contributed by atoms with Crippen LogP contribution in [-0.4, -0.2) is 9.97 Å². The van der Waals surface area contributed by atoms with Gasteiger partial charge in [-0.2, -0.15) is 18.2 Å². The van der Waals surface area contributed by atoms with Gasteiger partial charge in [-0.15, -0.1) is 0 Å². The van der Waals surface area contributed by atoms with Crippen molar-refractivity contribution in [2.24, 2.45) is 0 Å². The van der Waals surface area contributed by atoms with Crippen LogP contribution in [-0.2, 0) is 6.18 Å². The topological polar surface area (TPSA) is 49.8 Å². The molecule has 8 heteroatoms. The lowest BCUT2D eigenvalue weighted by molar-refractivity contribution is -0.137. The van der Waals surface area contributed by atoms with Crippen LogP contribution in [0.2, 0.25) is 0 Å². The Morgan fingerprint density at radius 3 is 2.10 bits per heavy atom. The van der Waals surface area contributed by atoms with Crippen molar-refractivity contribution in [2.45, 2.75) is 37.8 Å². The van der Waals surface area contributed by atoms with Crippen LogP contribution in [0, 0.1) is 0 Å². The zero-order valence-corrected chi connectivity index (χ0v) is 17.6. The Kier molecular flexibility index (Phi) is 5.94. The second-order valence-electron chi connectivity index (χ2n) is 7.31. The van der Waals surface area contributed by atoms with Crippen molar-refractivity contribution in [1.29, 1.82) is 0 Å². The molecule has 0 spiro atoms. The molecule has 1 aliphatic rings. The van der Waals surface area contributed by atoms with Crippen molar-refractivity contribution in [3.8, 4) is 0 Å². The molecule has 0 unspecified atom stereocenters. The number of rotatable bonds is 5. The summed E-state index contributed by atoms with van der Waals surface area (Å²) >= 11 is 3.34. The zero-order valence-electron chi connectivity index (χ0n) is 16.0. The second kappa shape index (κ2) is 8.63. The predicted molar refractivity (Wildman–Crippen MR) is 115 cm³/mol. The van der Waals surface area contributed by atoms with Crippen molar-refractivity contribution >= 4 is 39.1 Å². The highest BCUT2D eigenvalue weighted by molar-refractivity contribution is 9.10. The molecule has 0 amide bonds. The molecular weight excluding hydrogens is 457 g/mol. The summed E-state index contributed by atoms with van der Waals surface area (Å²) in [6.45, 7) is 0. The van der Waals surface area contributed by atoms with Crippen LogP contribution < -0.4 is 10.6 Å². The fourth-order valence-corrected chi connectivity index (χ4v) is 3.91. The summed E-state index contributed by atoms with van der Waals surface area (Å²) in [5, 5.41) is 5.75. The summed E-state index contributed by atoms with van der Waals surface area (Å²) in [5.74, 6) is 0.340. The van der Waals surface area contributed by atoms with Gasteiger partial charge in [-0.3, -0.25) is 0 Å². The van der Waals surface area contributed by atoms with Crippen LogP contribution >= 0.6 is 15.9 Å². The summed E-state index contributed by atoms with van der Waals surface area (Å²) in [6.07, 6.45) is 1.03. The van der Waals surface area contributed by atoms with E-state index in [1.807, 2.05) is 24.3 Å². The molecule has 30 heavy (non-hydrogen) atoms. The third-order valence-corrected chi connectivity index (χ3v) is 5.72. The highest BCUT2D eigenvalue weighted by atomic mass is 79.9. The van der Waals surface area contributed by atoms with E-state index >= 15 is 0 Å². The van der Waals surface area contributed by atoms with E-state index in [4.69, 9.17) is 0 Å². The number of anilines is 4. The molecule has 1 heterocycles. The van der Waals surface area contributed by atoms with Gasteiger partial charge in [-0.05, 0) is 60.7 Å². The van der Waals surface area contributed by atoms with Gasteiger partial charge < -0.3 is 10.6 Å². The quantitative estimate of drug-likeness (QED) is 0.402. The molecule has 0 atom stereocenters. The van der Waals surface area contributed by atoms with E-state index in [9.17, 15) is 13.2 Å². The van der Waals surface area contributed by atoms with Crippen molar-refractivity contribution in [3.63, 3.8) is 0 Å². The van der Waals surface area contributed by atoms with E-state index in [-0.39, 0.29) is 11.8 Å². The molecule has 1 aromatic heterocycles. The molecule has 4 nitrogen and oxygen atoms in total. The van der Waals surface area contributed by atoms with E-state index in [1.54, 1.807) is 24.3 Å². The molecule has 0 saturated heterocycles. The molecule has 0 aliphatic heterocycles. The van der Waals surface area contributed by atoms with Gasteiger partial charge in [0.1, 0.15) is 11.4 Å². The van der Waals surface area contributed by atoms with Gasteiger partial charge in [0.05, 0.1) is 0 Å². The maximum Gasteiger partial charge on any atom is 0.421 e. The van der Waals surface area contributed by atoms with Crippen molar-refractivity contribution in [1.82, 2.24) is 9.97 Å². The van der Waals surface area contributed by atoms with Gasteiger partial charge in [0, 0.05) is 22.0 Å². The van der Waals surface area contributed by atoms with Crippen molar-refractivity contribution < 1.29 is 13.2 Å². The van der Waals surface area contributed by atoms with Crippen LogP contribution in [0.25, 0.3) is 0 Å². The van der Waals surface area contributed by atoms with E-state index in [1.165, 1.54) is 31.2 Å².